The molecule has 7 nitrogen and oxygen atoms in total. The number of likely N-dealkylation sites (N-methyl/N-ethyl adjacent to an activating group) is 1. The summed E-state index contributed by atoms with van der Waals surface area (Å²) in [6, 6.07) is 9.08. The van der Waals surface area contributed by atoms with Crippen LogP contribution in [0, 0.1) is 17.2 Å². The summed E-state index contributed by atoms with van der Waals surface area (Å²) in [4.78, 5) is 23.7. The quantitative estimate of drug-likeness (QED) is 0.479. The van der Waals surface area contributed by atoms with Gasteiger partial charge in [-0.1, -0.05) is 42.5 Å². The van der Waals surface area contributed by atoms with Gasteiger partial charge in [0.25, 0.3) is 0 Å². The Morgan fingerprint density at radius 2 is 1.98 bits per heavy atom. The number of hydrogen-bond acceptors (Lipinski definition) is 6. The van der Waals surface area contributed by atoms with Gasteiger partial charge in [0.1, 0.15) is 18.2 Å². The molecule has 3 aliphatic heterocycles. The number of carbonyl (C=O) groups excluding carboxylic acids is 1. The van der Waals surface area contributed by atoms with Gasteiger partial charge in [-0.2, -0.15) is 5.26 Å². The first-order valence-electron chi connectivity index (χ1n) is 14.9. The molecule has 41 heavy (non-hydrogen) atoms. The van der Waals surface area contributed by atoms with E-state index in [2.05, 4.69) is 59.8 Å². The van der Waals surface area contributed by atoms with Crippen molar-refractivity contribution in [3.8, 4) is 6.07 Å². The summed E-state index contributed by atoms with van der Waals surface area (Å²) in [6.45, 7) is 7.58. The second-order valence-electron chi connectivity index (χ2n) is 11.7. The van der Waals surface area contributed by atoms with E-state index in [1.807, 2.05) is 0 Å². The van der Waals surface area contributed by atoms with Gasteiger partial charge in [-0.05, 0) is 86.5 Å². The second-order valence-corrected chi connectivity index (χ2v) is 12.1. The van der Waals surface area contributed by atoms with Gasteiger partial charge in [-0.25, -0.2) is 4.99 Å². The third kappa shape index (κ3) is 5.36. The van der Waals surface area contributed by atoms with Crippen molar-refractivity contribution in [3.63, 3.8) is 0 Å². The maximum atomic E-state index is 12.3. The van der Waals surface area contributed by atoms with E-state index in [1.165, 1.54) is 35.6 Å². The highest BCUT2D eigenvalue weighted by Gasteiger charge is 2.40. The van der Waals surface area contributed by atoms with Crippen LogP contribution in [0.1, 0.15) is 42.4 Å². The van der Waals surface area contributed by atoms with Crippen molar-refractivity contribution >= 4 is 29.0 Å². The first-order valence-corrected chi connectivity index (χ1v) is 15.3. The number of piperazine rings is 1. The molecule has 0 bridgehead atoms. The van der Waals surface area contributed by atoms with Gasteiger partial charge in [-0.15, -0.1) is 0 Å². The highest BCUT2D eigenvalue weighted by atomic mass is 35.5. The van der Waals surface area contributed by atoms with Gasteiger partial charge in [-0.3, -0.25) is 4.79 Å². The van der Waals surface area contributed by atoms with E-state index in [0.717, 1.165) is 43.5 Å². The fourth-order valence-electron chi connectivity index (χ4n) is 7.03. The number of ether oxygens (including phenoxy) is 1. The van der Waals surface area contributed by atoms with Gasteiger partial charge < -0.3 is 19.4 Å². The number of allylic oxidation sites excluding steroid dienone is 2. The molecule has 0 spiro atoms. The van der Waals surface area contributed by atoms with Gasteiger partial charge in [0.15, 0.2) is 0 Å². The molecule has 0 N–H and O–H groups in total. The van der Waals surface area contributed by atoms with Crippen molar-refractivity contribution in [2.45, 2.75) is 50.6 Å². The molecule has 1 amide bonds. The van der Waals surface area contributed by atoms with Crippen molar-refractivity contribution in [2.24, 2.45) is 10.9 Å². The Hall–Kier alpha value is -3.34. The summed E-state index contributed by atoms with van der Waals surface area (Å²) in [6.07, 6.45) is 12.4. The Morgan fingerprint density at radius 1 is 1.17 bits per heavy atom. The molecule has 3 heterocycles. The molecule has 1 aromatic carbocycles. The molecule has 1 aromatic rings. The summed E-state index contributed by atoms with van der Waals surface area (Å²) < 4.78 is 6.39. The number of fused-ring (bicyclic) bond motifs is 2. The van der Waals surface area contributed by atoms with Crippen LogP contribution in [0.3, 0.4) is 0 Å². The largest absolute Gasteiger partial charge is 0.475 e. The molecule has 6 rings (SSSR count). The molecule has 2 fully saturated rings. The maximum absolute atomic E-state index is 12.3. The van der Waals surface area contributed by atoms with E-state index in [9.17, 15) is 10.1 Å². The number of aliphatic imine (C=N–C) groups is 1. The van der Waals surface area contributed by atoms with Crippen molar-refractivity contribution < 1.29 is 9.53 Å². The van der Waals surface area contributed by atoms with Crippen LogP contribution in [-0.4, -0.2) is 85.0 Å². The summed E-state index contributed by atoms with van der Waals surface area (Å²) in [7, 11) is 2.12. The standard InChI is InChI=1S/C33H38ClN5O2/c1-3-31(40)38-14-16-39(17-15-38)32-27-18-29(34)26(25-12-6-9-22-8-4-5-11-24(22)25)19-30(27)36-33(28(32)20-35)41-21-23-10-7-13-37(23)2/h3,6,9,12,18-19,23,27,30H,1,4-5,7-8,10-11,13-17,21H2,2H3/t23-,27?,30?/m0/s1. The molecule has 0 radical (unpaired) electrons. The lowest BCUT2D eigenvalue weighted by Gasteiger charge is -2.42. The zero-order chi connectivity index (χ0) is 28.5. The van der Waals surface area contributed by atoms with Crippen molar-refractivity contribution in [2.75, 3.05) is 46.4 Å². The predicted octanol–water partition coefficient (Wildman–Crippen LogP) is 4.70. The molecule has 2 unspecified atom stereocenters. The first kappa shape index (κ1) is 27.8. The van der Waals surface area contributed by atoms with Crippen LogP contribution in [0.15, 0.2) is 64.3 Å². The molecule has 0 aromatic heterocycles. The normalized spacial score (nSPS) is 26.4. The number of nitrogens with zero attached hydrogens (tertiary/aromatic N) is 5. The highest BCUT2D eigenvalue weighted by molar-refractivity contribution is 6.37. The number of rotatable bonds is 5. The lowest BCUT2D eigenvalue weighted by Crippen LogP contribution is -2.50. The van der Waals surface area contributed by atoms with Gasteiger partial charge in [0.2, 0.25) is 11.8 Å². The Labute approximate surface area is 248 Å². The third-order valence-electron chi connectivity index (χ3n) is 9.33. The average Bonchev–Trinajstić information content (AvgIpc) is 3.42. The number of likely N-dealkylation sites (tertiary alicyclic amines) is 1. The minimum atomic E-state index is -0.233. The number of nitriles is 1. The number of carbonyl (C=O) groups is 1. The number of amides is 1. The topological polar surface area (TPSA) is 72.2 Å². The van der Waals surface area contributed by atoms with E-state index in [-0.39, 0.29) is 17.9 Å². The maximum Gasteiger partial charge on any atom is 0.246 e. The summed E-state index contributed by atoms with van der Waals surface area (Å²) in [5.74, 6) is 0.181. The average molecular weight is 572 g/mol. The van der Waals surface area contributed by atoms with Crippen molar-refractivity contribution in [3.05, 3.63) is 76.0 Å². The number of halogens is 1. The predicted molar refractivity (Wildman–Crippen MR) is 162 cm³/mol. The Bertz CT molecular complexity index is 1390. The third-order valence-corrected chi connectivity index (χ3v) is 9.66. The van der Waals surface area contributed by atoms with Gasteiger partial charge in [0, 0.05) is 48.9 Å². The number of benzene rings is 1. The number of aryl methyl sites for hydroxylation is 1. The van der Waals surface area contributed by atoms with Crippen LogP contribution in [0.4, 0.5) is 0 Å². The minimum absolute atomic E-state index is 0.0636. The summed E-state index contributed by atoms with van der Waals surface area (Å²) in [5, 5.41) is 11.2. The van der Waals surface area contributed by atoms with Crippen LogP contribution in [-0.2, 0) is 22.4 Å². The zero-order valence-electron chi connectivity index (χ0n) is 23.8. The summed E-state index contributed by atoms with van der Waals surface area (Å²) >= 11 is 7.08. The van der Waals surface area contributed by atoms with Crippen molar-refractivity contribution in [1.82, 2.24) is 14.7 Å². The Balaban J connectivity index is 1.37. The van der Waals surface area contributed by atoms with E-state index in [4.69, 9.17) is 21.3 Å². The minimum Gasteiger partial charge on any atom is -0.475 e. The number of dihydropyridines is 1. The smallest absolute Gasteiger partial charge is 0.246 e. The van der Waals surface area contributed by atoms with Crippen LogP contribution in [0.5, 0.6) is 0 Å². The molecule has 0 saturated carbocycles. The SMILES string of the molecule is C=CC(=O)N1CCN(C2=C(C#N)C(OC[C@@H]3CCCN3C)=NC3C=C(c4cccc5c4CCCC5)C(Cl)=CC23)CC1. The molecule has 5 aliphatic rings. The lowest BCUT2D eigenvalue weighted by atomic mass is 9.80. The molecule has 214 valence electrons. The van der Waals surface area contributed by atoms with E-state index < -0.39 is 0 Å². The number of hydrogen-bond donors (Lipinski definition) is 0. The summed E-state index contributed by atoms with van der Waals surface area (Å²) in [5.41, 5.74) is 6.40. The second kappa shape index (κ2) is 11.9. The van der Waals surface area contributed by atoms with E-state index >= 15 is 0 Å². The van der Waals surface area contributed by atoms with Crippen LogP contribution < -0.4 is 0 Å². The van der Waals surface area contributed by atoms with Crippen LogP contribution in [0.25, 0.3) is 5.57 Å². The molecule has 8 heteroatoms. The Morgan fingerprint density at radius 3 is 2.71 bits per heavy atom. The molecular formula is C33H38ClN5O2. The molecule has 2 aliphatic carbocycles. The van der Waals surface area contributed by atoms with Crippen molar-refractivity contribution in [1.29, 1.82) is 5.26 Å². The molecule has 3 atom stereocenters. The highest BCUT2D eigenvalue weighted by Crippen LogP contribution is 2.43. The Kier molecular flexibility index (Phi) is 8.05. The molecular weight excluding hydrogens is 534 g/mol. The monoisotopic (exact) mass is 571 g/mol. The zero-order valence-corrected chi connectivity index (χ0v) is 24.6. The molecule has 2 saturated heterocycles. The van der Waals surface area contributed by atoms with E-state index in [1.54, 1.807) is 4.90 Å². The van der Waals surface area contributed by atoms with E-state index in [0.29, 0.717) is 55.3 Å². The lowest BCUT2D eigenvalue weighted by molar-refractivity contribution is -0.127. The van der Waals surface area contributed by atoms with Gasteiger partial charge >= 0.3 is 0 Å². The van der Waals surface area contributed by atoms with Crippen LogP contribution in [0.2, 0.25) is 0 Å². The van der Waals surface area contributed by atoms with Crippen LogP contribution >= 0.6 is 11.6 Å². The fraction of sp³-hybridized carbons (Fsp3) is 0.485. The fourth-order valence-corrected chi connectivity index (χ4v) is 7.33. The van der Waals surface area contributed by atoms with Gasteiger partial charge in [0.05, 0.1) is 6.04 Å². The first-order chi connectivity index (χ1) is 20.0.